The van der Waals surface area contributed by atoms with Crippen molar-refractivity contribution in [2.75, 3.05) is 18.4 Å². The quantitative estimate of drug-likeness (QED) is 0.696. The van der Waals surface area contributed by atoms with Gasteiger partial charge in [-0.2, -0.15) is 0 Å². The maximum atomic E-state index is 11.2. The number of aliphatic carboxylic acids is 1. The highest BCUT2D eigenvalue weighted by atomic mass is 35.5. The molecule has 0 bridgehead atoms. The summed E-state index contributed by atoms with van der Waals surface area (Å²) in [4.78, 5) is 18.0. The minimum absolute atomic E-state index is 0.155. The Morgan fingerprint density at radius 2 is 2.14 bits per heavy atom. The summed E-state index contributed by atoms with van der Waals surface area (Å²) < 4.78 is 0. The summed E-state index contributed by atoms with van der Waals surface area (Å²) in [6.45, 7) is 8.40. The number of likely N-dealkylation sites (tertiary alicyclic amines) is 1. The molecule has 2 N–H and O–H groups in total. The van der Waals surface area contributed by atoms with E-state index in [1.807, 2.05) is 19.2 Å². The molecule has 5 nitrogen and oxygen atoms in total. The Labute approximate surface area is 171 Å². The number of carboxylic acids is 1. The number of aryl methyl sites for hydroxylation is 2. The Bertz CT molecular complexity index is 856. The van der Waals surface area contributed by atoms with Crippen molar-refractivity contribution in [1.29, 1.82) is 0 Å². The summed E-state index contributed by atoms with van der Waals surface area (Å²) in [6.07, 6.45) is 3.54. The van der Waals surface area contributed by atoms with Crippen molar-refractivity contribution in [1.82, 2.24) is 9.88 Å². The van der Waals surface area contributed by atoms with Crippen molar-refractivity contribution in [3.8, 4) is 0 Å². The third kappa shape index (κ3) is 4.83. The average molecular weight is 402 g/mol. The second kappa shape index (κ2) is 8.93. The van der Waals surface area contributed by atoms with Gasteiger partial charge in [0.2, 0.25) is 0 Å². The van der Waals surface area contributed by atoms with Crippen LogP contribution in [0.5, 0.6) is 0 Å². The highest BCUT2D eigenvalue weighted by molar-refractivity contribution is 6.31. The van der Waals surface area contributed by atoms with E-state index >= 15 is 0 Å². The standard InChI is InChI=1S/C22H28ClN3O2/c1-4-20(16-5-6-19(23)14(2)9-16)25-21-10-18(15(3)11-24-21)13-26-8-7-17(12-26)22(27)28/h5-6,9-11,17,20H,4,7-8,12-13H2,1-3H3,(H,24,25)(H,27,28). The van der Waals surface area contributed by atoms with Gasteiger partial charge >= 0.3 is 5.97 Å². The monoisotopic (exact) mass is 401 g/mol. The summed E-state index contributed by atoms with van der Waals surface area (Å²) in [5.41, 5.74) is 4.57. The fourth-order valence-corrected chi connectivity index (χ4v) is 3.84. The predicted octanol–water partition coefficient (Wildman–Crippen LogP) is 4.82. The van der Waals surface area contributed by atoms with Crippen LogP contribution in [0.2, 0.25) is 5.02 Å². The first-order chi connectivity index (χ1) is 13.4. The van der Waals surface area contributed by atoms with E-state index in [1.54, 1.807) is 0 Å². The minimum Gasteiger partial charge on any atom is -0.481 e. The van der Waals surface area contributed by atoms with Crippen LogP contribution in [-0.2, 0) is 11.3 Å². The number of nitrogens with one attached hydrogen (secondary N) is 1. The molecule has 0 saturated carbocycles. The van der Waals surface area contributed by atoms with Crippen LogP contribution in [0.4, 0.5) is 5.82 Å². The summed E-state index contributed by atoms with van der Waals surface area (Å²) in [5, 5.41) is 13.5. The molecule has 3 rings (SSSR count). The number of aromatic nitrogens is 1. The lowest BCUT2D eigenvalue weighted by Gasteiger charge is -2.21. The number of anilines is 1. The third-order valence-corrected chi connectivity index (χ3v) is 5.97. The fourth-order valence-electron chi connectivity index (χ4n) is 3.72. The highest BCUT2D eigenvalue weighted by Gasteiger charge is 2.28. The number of halogens is 1. The zero-order valence-corrected chi connectivity index (χ0v) is 17.5. The summed E-state index contributed by atoms with van der Waals surface area (Å²) >= 11 is 6.16. The SMILES string of the molecule is CCC(Nc1cc(CN2CCC(C(=O)O)C2)c(C)cn1)c1ccc(Cl)c(C)c1. The van der Waals surface area contributed by atoms with Crippen LogP contribution in [0.15, 0.2) is 30.5 Å². The van der Waals surface area contributed by atoms with Gasteiger partial charge in [0, 0.05) is 24.3 Å². The zero-order chi connectivity index (χ0) is 20.3. The molecule has 1 aliphatic heterocycles. The van der Waals surface area contributed by atoms with E-state index in [1.165, 1.54) is 11.1 Å². The minimum atomic E-state index is -0.694. The van der Waals surface area contributed by atoms with E-state index in [0.717, 1.165) is 47.9 Å². The van der Waals surface area contributed by atoms with Crippen molar-refractivity contribution < 1.29 is 9.90 Å². The van der Waals surface area contributed by atoms with E-state index in [9.17, 15) is 9.90 Å². The van der Waals surface area contributed by atoms with Gasteiger partial charge in [0.05, 0.1) is 12.0 Å². The van der Waals surface area contributed by atoms with Crippen LogP contribution in [0.1, 0.15) is 48.1 Å². The van der Waals surface area contributed by atoms with Gasteiger partial charge in [-0.25, -0.2) is 4.98 Å². The summed E-state index contributed by atoms with van der Waals surface area (Å²) in [7, 11) is 0. The largest absolute Gasteiger partial charge is 0.481 e. The van der Waals surface area contributed by atoms with Gasteiger partial charge in [0.15, 0.2) is 0 Å². The van der Waals surface area contributed by atoms with Crippen LogP contribution >= 0.6 is 11.6 Å². The van der Waals surface area contributed by atoms with E-state index < -0.39 is 5.97 Å². The topological polar surface area (TPSA) is 65.5 Å². The van der Waals surface area contributed by atoms with E-state index in [2.05, 4.69) is 47.2 Å². The first kappa shape index (κ1) is 20.6. The average Bonchev–Trinajstić information content (AvgIpc) is 3.13. The molecular formula is C22H28ClN3O2. The first-order valence-corrected chi connectivity index (χ1v) is 10.2. The van der Waals surface area contributed by atoms with E-state index in [-0.39, 0.29) is 12.0 Å². The molecule has 150 valence electrons. The van der Waals surface area contributed by atoms with Gasteiger partial charge in [-0.1, -0.05) is 30.7 Å². The third-order valence-electron chi connectivity index (χ3n) is 5.55. The Balaban J connectivity index is 1.73. The van der Waals surface area contributed by atoms with Gasteiger partial charge in [-0.3, -0.25) is 9.69 Å². The predicted molar refractivity (Wildman–Crippen MR) is 113 cm³/mol. The van der Waals surface area contributed by atoms with Crippen molar-refractivity contribution in [2.45, 2.75) is 46.2 Å². The van der Waals surface area contributed by atoms with Crippen molar-refractivity contribution in [3.63, 3.8) is 0 Å². The lowest BCUT2D eigenvalue weighted by molar-refractivity contribution is -0.141. The normalized spacial score (nSPS) is 18.2. The number of rotatable bonds is 7. The molecule has 1 aliphatic rings. The molecule has 28 heavy (non-hydrogen) atoms. The lowest BCUT2D eigenvalue weighted by atomic mass is 10.0. The van der Waals surface area contributed by atoms with Gasteiger partial charge in [-0.05, 0) is 67.6 Å². The number of benzene rings is 1. The second-order valence-electron chi connectivity index (χ2n) is 7.67. The smallest absolute Gasteiger partial charge is 0.307 e. The molecule has 1 saturated heterocycles. The second-order valence-corrected chi connectivity index (χ2v) is 8.08. The number of hydrogen-bond donors (Lipinski definition) is 2. The molecule has 6 heteroatoms. The van der Waals surface area contributed by atoms with Gasteiger partial charge in [-0.15, -0.1) is 0 Å². The van der Waals surface area contributed by atoms with Crippen LogP contribution in [-0.4, -0.2) is 34.0 Å². The molecule has 2 atom stereocenters. The van der Waals surface area contributed by atoms with Crippen LogP contribution < -0.4 is 5.32 Å². The molecule has 0 amide bonds. The van der Waals surface area contributed by atoms with Crippen LogP contribution in [0.25, 0.3) is 0 Å². The molecule has 0 radical (unpaired) electrons. The Kier molecular flexibility index (Phi) is 6.57. The van der Waals surface area contributed by atoms with Gasteiger partial charge in [0.25, 0.3) is 0 Å². The molecule has 0 spiro atoms. The molecular weight excluding hydrogens is 374 g/mol. The molecule has 1 aromatic carbocycles. The van der Waals surface area contributed by atoms with E-state index in [0.29, 0.717) is 6.54 Å². The van der Waals surface area contributed by atoms with Gasteiger partial charge in [0.1, 0.15) is 5.82 Å². The lowest BCUT2D eigenvalue weighted by Crippen LogP contribution is -2.23. The Morgan fingerprint density at radius 1 is 1.36 bits per heavy atom. The number of hydrogen-bond acceptors (Lipinski definition) is 4. The van der Waals surface area contributed by atoms with Crippen LogP contribution in [0.3, 0.4) is 0 Å². The zero-order valence-electron chi connectivity index (χ0n) is 16.7. The summed E-state index contributed by atoms with van der Waals surface area (Å²) in [5.74, 6) is -0.105. The maximum absolute atomic E-state index is 11.2. The number of pyridine rings is 1. The Hall–Kier alpha value is -2.11. The van der Waals surface area contributed by atoms with Gasteiger partial charge < -0.3 is 10.4 Å². The van der Waals surface area contributed by atoms with Crippen LogP contribution in [0, 0.1) is 19.8 Å². The maximum Gasteiger partial charge on any atom is 0.307 e. The molecule has 1 aromatic heterocycles. The molecule has 2 unspecified atom stereocenters. The number of carboxylic acid groups (broad SMARTS) is 1. The molecule has 1 fully saturated rings. The molecule has 2 aromatic rings. The van der Waals surface area contributed by atoms with Crippen molar-refractivity contribution in [3.05, 3.63) is 57.7 Å². The first-order valence-electron chi connectivity index (χ1n) is 9.80. The van der Waals surface area contributed by atoms with E-state index in [4.69, 9.17) is 11.6 Å². The fraction of sp³-hybridized carbons (Fsp3) is 0.455. The summed E-state index contributed by atoms with van der Waals surface area (Å²) in [6, 6.07) is 8.37. The number of carbonyl (C=O) groups is 1. The van der Waals surface area contributed by atoms with Crippen molar-refractivity contribution >= 4 is 23.4 Å². The molecule has 2 heterocycles. The number of nitrogens with zero attached hydrogens (tertiary/aromatic N) is 2. The van der Waals surface area contributed by atoms with Crippen molar-refractivity contribution in [2.24, 2.45) is 5.92 Å². The Morgan fingerprint density at radius 3 is 2.79 bits per heavy atom. The molecule has 0 aliphatic carbocycles. The highest BCUT2D eigenvalue weighted by Crippen LogP contribution is 2.27.